The Morgan fingerprint density at radius 2 is 1.44 bits per heavy atom. The van der Waals surface area contributed by atoms with Crippen LogP contribution in [-0.4, -0.2) is 95.0 Å². The summed E-state index contributed by atoms with van der Waals surface area (Å²) >= 11 is 1.49. The largest absolute Gasteiger partial charge is 0.418 e. The molecule has 3 fully saturated rings. The lowest BCUT2D eigenvalue weighted by atomic mass is 9.95. The summed E-state index contributed by atoms with van der Waals surface area (Å²) in [5.74, 6) is -0.569. The zero-order valence-electron chi connectivity index (χ0n) is 27.4. The number of nitrogen functional groups attached to an aromatic ring is 1. The first-order chi connectivity index (χ1) is 23.7. The quantitative estimate of drug-likeness (QED) is 0.250. The van der Waals surface area contributed by atoms with Crippen LogP contribution in [0.3, 0.4) is 0 Å². The molecule has 1 aromatic heterocycles. The van der Waals surface area contributed by atoms with Crippen LogP contribution in [0.4, 0.5) is 47.3 Å². The van der Waals surface area contributed by atoms with Gasteiger partial charge in [-0.1, -0.05) is 6.42 Å². The minimum absolute atomic E-state index is 0.151. The number of carbonyl (C=O) groups is 3. The third kappa shape index (κ3) is 7.92. The van der Waals surface area contributed by atoms with Crippen LogP contribution in [0.15, 0.2) is 22.9 Å². The van der Waals surface area contributed by atoms with E-state index in [-0.39, 0.29) is 31.2 Å². The number of amides is 5. The highest BCUT2D eigenvalue weighted by atomic mass is 32.1. The maximum absolute atomic E-state index is 14.0. The van der Waals surface area contributed by atoms with Crippen molar-refractivity contribution in [3.8, 4) is 0 Å². The van der Waals surface area contributed by atoms with Crippen LogP contribution in [0.2, 0.25) is 0 Å². The molecule has 4 aliphatic rings. The van der Waals surface area contributed by atoms with Crippen molar-refractivity contribution in [3.63, 3.8) is 0 Å². The van der Waals surface area contributed by atoms with E-state index in [1.807, 2.05) is 10.8 Å². The second-order valence-electron chi connectivity index (χ2n) is 13.5. The van der Waals surface area contributed by atoms with Gasteiger partial charge >= 0.3 is 24.4 Å². The first kappa shape index (κ1) is 36.1. The summed E-state index contributed by atoms with van der Waals surface area (Å²) in [6.07, 6.45) is -5.33. The van der Waals surface area contributed by atoms with Crippen molar-refractivity contribution in [3.05, 3.63) is 45.1 Å². The van der Waals surface area contributed by atoms with E-state index in [4.69, 9.17) is 5.73 Å². The third-order valence-electron chi connectivity index (χ3n) is 10.3. The number of thiophene rings is 1. The van der Waals surface area contributed by atoms with Crippen molar-refractivity contribution in [2.45, 2.75) is 88.4 Å². The van der Waals surface area contributed by atoms with Crippen molar-refractivity contribution >= 4 is 40.7 Å². The number of benzene rings is 1. The Hall–Kier alpha value is -3.73. The highest BCUT2D eigenvalue weighted by molar-refractivity contribution is 7.08. The van der Waals surface area contributed by atoms with E-state index in [1.54, 1.807) is 4.90 Å². The van der Waals surface area contributed by atoms with Gasteiger partial charge in [-0.15, -0.1) is 11.3 Å². The van der Waals surface area contributed by atoms with Gasteiger partial charge in [0.05, 0.1) is 29.0 Å². The molecule has 2 aromatic rings. The Morgan fingerprint density at radius 1 is 0.860 bits per heavy atom. The molecule has 0 spiro atoms. The second-order valence-corrected chi connectivity index (χ2v) is 14.3. The van der Waals surface area contributed by atoms with Gasteiger partial charge in [0.15, 0.2) is 0 Å². The fraction of sp³-hybridized carbons (Fsp3) is 0.606. The zero-order chi connectivity index (χ0) is 35.8. The summed E-state index contributed by atoms with van der Waals surface area (Å²) in [6, 6.07) is -1.14. The molecular formula is C33H41F6N7O3S. The van der Waals surface area contributed by atoms with Gasteiger partial charge in [0.1, 0.15) is 6.04 Å². The number of halogens is 6. The van der Waals surface area contributed by atoms with Gasteiger partial charge in [-0.3, -0.25) is 4.79 Å². The van der Waals surface area contributed by atoms with E-state index >= 15 is 0 Å². The number of alkyl halides is 6. The standard InChI is InChI=1S/C33H41F6N7O3S/c34-32(35,36)24-14-20(15-25(28(24)40)33(37,38)39)16-26(29(47)44-10-4-22(5-11-44)43-8-2-1-3-9-43)41-30(48)45-12-6-23(7-13-45)46-17-21-18-50-19-27(21)42-31(46)49/h14-15,18-19,22-23,26H,1-13,16-17,40H2,(H,41,48)(H,42,49)/t26-/m1/s1. The predicted molar refractivity (Wildman–Crippen MR) is 175 cm³/mol. The Morgan fingerprint density at radius 3 is 2.04 bits per heavy atom. The molecular weight excluding hydrogens is 688 g/mol. The van der Waals surface area contributed by atoms with Crippen molar-refractivity contribution < 1.29 is 40.7 Å². The smallest absolute Gasteiger partial charge is 0.398 e. The van der Waals surface area contributed by atoms with Crippen LogP contribution in [0.25, 0.3) is 0 Å². The van der Waals surface area contributed by atoms with Gasteiger partial charge in [0.25, 0.3) is 0 Å². The van der Waals surface area contributed by atoms with Crippen LogP contribution in [0, 0.1) is 0 Å². The summed E-state index contributed by atoms with van der Waals surface area (Å²) in [5.41, 5.74) is 1.96. The van der Waals surface area contributed by atoms with Crippen LogP contribution in [0.1, 0.15) is 67.2 Å². The lowest BCUT2D eigenvalue weighted by molar-refractivity contribution is -0.141. The minimum Gasteiger partial charge on any atom is -0.398 e. The predicted octanol–water partition coefficient (Wildman–Crippen LogP) is 5.98. The Labute approximate surface area is 289 Å². The lowest BCUT2D eigenvalue weighted by Gasteiger charge is -2.41. The topological polar surface area (TPSA) is 114 Å². The van der Waals surface area contributed by atoms with Crippen LogP contribution in [-0.2, 0) is 30.1 Å². The van der Waals surface area contributed by atoms with Gasteiger partial charge in [0.2, 0.25) is 5.91 Å². The van der Waals surface area contributed by atoms with Crippen LogP contribution in [0.5, 0.6) is 0 Å². The summed E-state index contributed by atoms with van der Waals surface area (Å²) < 4.78 is 83.1. The minimum atomic E-state index is -5.18. The van der Waals surface area contributed by atoms with Crippen LogP contribution >= 0.6 is 11.3 Å². The van der Waals surface area contributed by atoms with E-state index < -0.39 is 59.1 Å². The van der Waals surface area contributed by atoms with E-state index in [1.165, 1.54) is 27.6 Å². The van der Waals surface area contributed by atoms with Gasteiger partial charge in [-0.05, 0) is 74.7 Å². The lowest BCUT2D eigenvalue weighted by Crippen LogP contribution is -2.57. The molecule has 1 atom stereocenters. The number of likely N-dealkylation sites (tertiary alicyclic amines) is 3. The highest BCUT2D eigenvalue weighted by Gasteiger charge is 2.42. The average molecular weight is 730 g/mol. The molecule has 0 aliphatic carbocycles. The number of anilines is 2. The van der Waals surface area contributed by atoms with Gasteiger partial charge < -0.3 is 36.0 Å². The summed E-state index contributed by atoms with van der Waals surface area (Å²) in [6.45, 7) is 3.56. The van der Waals surface area contributed by atoms with Crippen molar-refractivity contribution in [2.24, 2.45) is 0 Å². The fourth-order valence-electron chi connectivity index (χ4n) is 7.60. The molecule has 3 saturated heterocycles. The number of nitrogens with one attached hydrogen (secondary N) is 2. The number of nitrogens with two attached hydrogens (primary N) is 1. The molecule has 0 saturated carbocycles. The molecule has 0 unspecified atom stereocenters. The van der Waals surface area contributed by atoms with E-state index in [0.29, 0.717) is 57.5 Å². The molecule has 0 radical (unpaired) electrons. The van der Waals surface area contributed by atoms with E-state index in [0.717, 1.165) is 37.2 Å². The van der Waals surface area contributed by atoms with Crippen LogP contribution < -0.4 is 16.4 Å². The average Bonchev–Trinajstić information content (AvgIpc) is 3.54. The molecule has 5 heterocycles. The van der Waals surface area contributed by atoms with E-state index in [9.17, 15) is 40.7 Å². The molecule has 50 heavy (non-hydrogen) atoms. The first-order valence-corrected chi connectivity index (χ1v) is 17.9. The number of nitrogens with zero attached hydrogens (tertiary/aromatic N) is 4. The number of urea groups is 2. The first-order valence-electron chi connectivity index (χ1n) is 17.0. The Bertz CT molecular complexity index is 1530. The molecule has 6 rings (SSSR count). The zero-order valence-corrected chi connectivity index (χ0v) is 28.2. The van der Waals surface area contributed by atoms with Gasteiger partial charge in [-0.25, -0.2) is 9.59 Å². The summed E-state index contributed by atoms with van der Waals surface area (Å²) in [5, 5.41) is 9.36. The Balaban J connectivity index is 1.18. The number of fused-ring (bicyclic) bond motifs is 1. The monoisotopic (exact) mass is 729 g/mol. The van der Waals surface area contributed by atoms with E-state index in [2.05, 4.69) is 15.5 Å². The summed E-state index contributed by atoms with van der Waals surface area (Å²) in [4.78, 5) is 47.4. The molecule has 17 heteroatoms. The van der Waals surface area contributed by atoms with Crippen molar-refractivity contribution in [1.29, 1.82) is 0 Å². The van der Waals surface area contributed by atoms with Gasteiger partial charge in [-0.2, -0.15) is 26.3 Å². The number of carbonyl (C=O) groups excluding carboxylic acids is 3. The molecule has 4 N–H and O–H groups in total. The normalized spacial score (nSPS) is 20.8. The molecule has 5 amide bonds. The number of piperidine rings is 3. The number of hydrogen-bond donors (Lipinski definition) is 3. The SMILES string of the molecule is Nc1c(C(F)(F)F)cc(C[C@@H](NC(=O)N2CCC(N3Cc4cscc4NC3=O)CC2)C(=O)N2CCC(N3CCCCC3)CC2)cc1C(F)(F)F. The molecule has 274 valence electrons. The molecule has 4 aliphatic heterocycles. The Kier molecular flexibility index (Phi) is 10.4. The highest BCUT2D eigenvalue weighted by Crippen LogP contribution is 2.42. The maximum atomic E-state index is 14.0. The third-order valence-corrected chi connectivity index (χ3v) is 11.1. The maximum Gasteiger partial charge on any atom is 0.418 e. The summed E-state index contributed by atoms with van der Waals surface area (Å²) in [7, 11) is 0. The molecule has 0 bridgehead atoms. The number of hydrogen-bond acceptors (Lipinski definition) is 6. The second kappa shape index (κ2) is 14.5. The van der Waals surface area contributed by atoms with Gasteiger partial charge in [0, 0.05) is 55.6 Å². The fourth-order valence-corrected chi connectivity index (χ4v) is 8.38. The molecule has 1 aromatic carbocycles. The molecule has 10 nitrogen and oxygen atoms in total. The van der Waals surface area contributed by atoms with Crippen molar-refractivity contribution in [2.75, 3.05) is 50.3 Å². The number of rotatable bonds is 6. The van der Waals surface area contributed by atoms with Crippen molar-refractivity contribution in [1.82, 2.24) is 24.9 Å².